The molecule has 0 aliphatic heterocycles. The zero-order valence-electron chi connectivity index (χ0n) is 9.89. The summed E-state index contributed by atoms with van der Waals surface area (Å²) >= 11 is 0. The predicted molar refractivity (Wildman–Crippen MR) is 65.3 cm³/mol. The van der Waals surface area contributed by atoms with Crippen LogP contribution in [0.4, 0.5) is 0 Å². The van der Waals surface area contributed by atoms with Crippen LogP contribution in [0, 0.1) is 20.8 Å². The van der Waals surface area contributed by atoms with Crippen molar-refractivity contribution in [3.8, 4) is 0 Å². The lowest BCUT2D eigenvalue weighted by Gasteiger charge is -2.12. The molecule has 1 aromatic carbocycles. The lowest BCUT2D eigenvalue weighted by atomic mass is 9.98. The molecule has 0 N–H and O–H groups in total. The maximum Gasteiger partial charge on any atom is 0.0737 e. The van der Waals surface area contributed by atoms with Crippen molar-refractivity contribution in [1.29, 1.82) is 0 Å². The topological polar surface area (TPSA) is 12.9 Å². The molecule has 0 amide bonds. The van der Waals surface area contributed by atoms with Crippen molar-refractivity contribution in [2.45, 2.75) is 34.1 Å². The molecule has 0 aliphatic rings. The molecule has 78 valence electrons. The molecule has 1 nitrogen and oxygen atoms in total. The second kappa shape index (κ2) is 3.65. The van der Waals surface area contributed by atoms with Gasteiger partial charge in [0.15, 0.2) is 0 Å². The summed E-state index contributed by atoms with van der Waals surface area (Å²) < 4.78 is 0. The van der Waals surface area contributed by atoms with Gasteiger partial charge >= 0.3 is 0 Å². The van der Waals surface area contributed by atoms with Gasteiger partial charge in [-0.1, -0.05) is 25.1 Å². The van der Waals surface area contributed by atoms with E-state index in [1.54, 1.807) is 0 Å². The van der Waals surface area contributed by atoms with E-state index in [-0.39, 0.29) is 0 Å². The molecule has 0 saturated carbocycles. The third-order valence-electron chi connectivity index (χ3n) is 3.19. The van der Waals surface area contributed by atoms with Crippen LogP contribution < -0.4 is 0 Å². The first-order valence-electron chi connectivity index (χ1n) is 5.50. The third kappa shape index (κ3) is 1.52. The van der Waals surface area contributed by atoms with Gasteiger partial charge in [-0.15, -0.1) is 0 Å². The van der Waals surface area contributed by atoms with Crippen LogP contribution >= 0.6 is 0 Å². The van der Waals surface area contributed by atoms with Gasteiger partial charge in [-0.3, -0.25) is 4.98 Å². The van der Waals surface area contributed by atoms with Crippen LogP contribution in [0.25, 0.3) is 10.9 Å². The molecule has 0 aliphatic carbocycles. The Balaban J connectivity index is 2.94. The summed E-state index contributed by atoms with van der Waals surface area (Å²) in [5.41, 5.74) is 6.38. The van der Waals surface area contributed by atoms with Crippen molar-refractivity contribution >= 4 is 10.9 Å². The van der Waals surface area contributed by atoms with Gasteiger partial charge in [0.25, 0.3) is 0 Å². The molecule has 1 aromatic heterocycles. The Morgan fingerprint density at radius 1 is 1.13 bits per heavy atom. The Hall–Kier alpha value is -1.37. The van der Waals surface area contributed by atoms with Gasteiger partial charge in [0.05, 0.1) is 5.52 Å². The van der Waals surface area contributed by atoms with Crippen molar-refractivity contribution in [3.63, 3.8) is 0 Å². The van der Waals surface area contributed by atoms with E-state index in [4.69, 9.17) is 0 Å². The van der Waals surface area contributed by atoms with Crippen molar-refractivity contribution < 1.29 is 0 Å². The number of aromatic nitrogens is 1. The quantitative estimate of drug-likeness (QED) is 0.682. The number of fused-ring (bicyclic) bond motifs is 1. The summed E-state index contributed by atoms with van der Waals surface area (Å²) in [6, 6.07) is 6.43. The molecule has 1 heteroatoms. The van der Waals surface area contributed by atoms with Gasteiger partial charge in [0.1, 0.15) is 0 Å². The molecule has 2 rings (SSSR count). The summed E-state index contributed by atoms with van der Waals surface area (Å²) in [6.07, 6.45) is 1.08. The Bertz CT molecular complexity index is 512. The fourth-order valence-electron chi connectivity index (χ4n) is 2.18. The van der Waals surface area contributed by atoms with Gasteiger partial charge in [0.2, 0.25) is 0 Å². The van der Waals surface area contributed by atoms with Crippen molar-refractivity contribution in [3.05, 3.63) is 40.6 Å². The highest BCUT2D eigenvalue weighted by atomic mass is 14.7. The highest BCUT2D eigenvalue weighted by Gasteiger charge is 2.08. The smallest absolute Gasteiger partial charge is 0.0737 e. The number of hydrogen-bond acceptors (Lipinski definition) is 1. The lowest BCUT2D eigenvalue weighted by Crippen LogP contribution is -1.97. The Morgan fingerprint density at radius 2 is 1.87 bits per heavy atom. The van der Waals surface area contributed by atoms with Gasteiger partial charge in [-0.2, -0.15) is 0 Å². The largest absolute Gasteiger partial charge is 0.253 e. The number of rotatable bonds is 1. The molecule has 0 bridgehead atoms. The predicted octanol–water partition coefficient (Wildman–Crippen LogP) is 3.72. The molecular formula is C14H17N. The summed E-state index contributed by atoms with van der Waals surface area (Å²) in [7, 11) is 0. The van der Waals surface area contributed by atoms with E-state index < -0.39 is 0 Å². The first kappa shape index (κ1) is 10.2. The van der Waals surface area contributed by atoms with Gasteiger partial charge in [-0.25, -0.2) is 0 Å². The van der Waals surface area contributed by atoms with Crippen LogP contribution in [0.2, 0.25) is 0 Å². The molecule has 0 fully saturated rings. The Labute approximate surface area is 91.2 Å². The number of benzene rings is 1. The molecule has 0 radical (unpaired) electrons. The number of nitrogens with zero attached hydrogens (tertiary/aromatic N) is 1. The van der Waals surface area contributed by atoms with E-state index in [1.807, 2.05) is 0 Å². The van der Waals surface area contributed by atoms with E-state index in [9.17, 15) is 0 Å². The zero-order chi connectivity index (χ0) is 11.0. The van der Waals surface area contributed by atoms with Crippen molar-refractivity contribution in [1.82, 2.24) is 4.98 Å². The number of para-hydroxylation sites is 1. The first-order chi connectivity index (χ1) is 7.15. The monoisotopic (exact) mass is 199 g/mol. The average molecular weight is 199 g/mol. The second-order valence-corrected chi connectivity index (χ2v) is 4.13. The summed E-state index contributed by atoms with van der Waals surface area (Å²) in [4.78, 5) is 4.68. The van der Waals surface area contributed by atoms with E-state index in [0.717, 1.165) is 17.6 Å². The minimum absolute atomic E-state index is 1.08. The Morgan fingerprint density at radius 3 is 2.53 bits per heavy atom. The maximum atomic E-state index is 4.68. The molecule has 0 spiro atoms. The highest BCUT2D eigenvalue weighted by Crippen LogP contribution is 2.25. The average Bonchev–Trinajstić information content (AvgIpc) is 2.22. The minimum Gasteiger partial charge on any atom is -0.253 e. The van der Waals surface area contributed by atoms with E-state index in [1.165, 1.54) is 22.1 Å². The summed E-state index contributed by atoms with van der Waals surface area (Å²) in [5, 5.41) is 1.32. The summed E-state index contributed by atoms with van der Waals surface area (Å²) in [5.74, 6) is 0. The molecule has 1 heterocycles. The molecule has 2 aromatic rings. The molecular weight excluding hydrogens is 182 g/mol. The molecule has 15 heavy (non-hydrogen) atoms. The lowest BCUT2D eigenvalue weighted by molar-refractivity contribution is 1.08. The molecule has 0 saturated heterocycles. The SMILES string of the molecule is CCc1c(C)c(C)nc2c(C)cccc12. The van der Waals surface area contributed by atoms with Crippen LogP contribution in [0.15, 0.2) is 18.2 Å². The van der Waals surface area contributed by atoms with Gasteiger partial charge < -0.3 is 0 Å². The number of pyridine rings is 1. The standard InChI is InChI=1S/C14H17N/c1-5-12-10(3)11(4)15-14-9(2)7-6-8-13(12)14/h6-8H,5H2,1-4H3. The summed E-state index contributed by atoms with van der Waals surface area (Å²) in [6.45, 7) is 8.61. The van der Waals surface area contributed by atoms with Crippen LogP contribution in [0.1, 0.15) is 29.3 Å². The van der Waals surface area contributed by atoms with Crippen LogP contribution in [-0.4, -0.2) is 4.98 Å². The molecule has 0 atom stereocenters. The van der Waals surface area contributed by atoms with Crippen LogP contribution in [0.5, 0.6) is 0 Å². The molecule has 0 unspecified atom stereocenters. The van der Waals surface area contributed by atoms with Gasteiger partial charge in [0, 0.05) is 11.1 Å². The fraction of sp³-hybridized carbons (Fsp3) is 0.357. The second-order valence-electron chi connectivity index (χ2n) is 4.13. The maximum absolute atomic E-state index is 4.68. The zero-order valence-corrected chi connectivity index (χ0v) is 9.89. The van der Waals surface area contributed by atoms with Crippen LogP contribution in [-0.2, 0) is 6.42 Å². The van der Waals surface area contributed by atoms with E-state index >= 15 is 0 Å². The van der Waals surface area contributed by atoms with Crippen molar-refractivity contribution in [2.24, 2.45) is 0 Å². The highest BCUT2D eigenvalue weighted by molar-refractivity contribution is 5.86. The normalized spacial score (nSPS) is 10.9. The van der Waals surface area contributed by atoms with Gasteiger partial charge in [-0.05, 0) is 43.9 Å². The Kier molecular flexibility index (Phi) is 2.47. The fourth-order valence-corrected chi connectivity index (χ4v) is 2.18. The number of hydrogen-bond donors (Lipinski definition) is 0. The van der Waals surface area contributed by atoms with Crippen LogP contribution in [0.3, 0.4) is 0 Å². The first-order valence-corrected chi connectivity index (χ1v) is 5.50. The van der Waals surface area contributed by atoms with E-state index in [0.29, 0.717) is 0 Å². The van der Waals surface area contributed by atoms with E-state index in [2.05, 4.69) is 50.9 Å². The number of aryl methyl sites for hydroxylation is 3. The van der Waals surface area contributed by atoms with Crippen molar-refractivity contribution in [2.75, 3.05) is 0 Å². The minimum atomic E-state index is 1.08. The third-order valence-corrected chi connectivity index (χ3v) is 3.19.